The predicted octanol–water partition coefficient (Wildman–Crippen LogP) is 3.29. The fourth-order valence-electron chi connectivity index (χ4n) is 6.87. The minimum atomic E-state index is -0.287. The summed E-state index contributed by atoms with van der Waals surface area (Å²) in [5, 5.41) is 6.71. The molecule has 2 N–H and O–H groups in total. The van der Waals surface area contributed by atoms with E-state index in [9.17, 15) is 9.59 Å². The largest absolute Gasteiger partial charge is 0.345 e. The molecular formula is C25H27N5O2. The molecule has 4 saturated carbocycles. The molecule has 2 amide bonds. The summed E-state index contributed by atoms with van der Waals surface area (Å²) in [4.78, 5) is 34.9. The molecule has 7 nitrogen and oxygen atoms in total. The molecule has 4 fully saturated rings. The molecule has 32 heavy (non-hydrogen) atoms. The van der Waals surface area contributed by atoms with Crippen LogP contribution < -0.4 is 10.6 Å². The molecule has 4 aliphatic rings. The Morgan fingerprint density at radius 1 is 0.938 bits per heavy atom. The van der Waals surface area contributed by atoms with E-state index in [1.807, 2.05) is 41.8 Å². The van der Waals surface area contributed by atoms with Crippen molar-refractivity contribution in [1.82, 2.24) is 25.0 Å². The standard InChI is InChI=1S/C25H27N5O2/c1-16-5-6-21-27-20(14-30(21)13-16)23(32)29-25-11-17-8-18(12-25)10-24(9-17,15-25)28-22(31)19-4-2-3-7-26-19/h2-7,13-14,17-18H,8-12,15H2,1H3,(H,28,31)(H,29,32). The van der Waals surface area contributed by atoms with Gasteiger partial charge >= 0.3 is 0 Å². The summed E-state index contributed by atoms with van der Waals surface area (Å²) in [7, 11) is 0. The maximum absolute atomic E-state index is 13.2. The van der Waals surface area contributed by atoms with Gasteiger partial charge in [0.2, 0.25) is 0 Å². The van der Waals surface area contributed by atoms with Gasteiger partial charge in [0.15, 0.2) is 0 Å². The van der Waals surface area contributed by atoms with Crippen LogP contribution in [-0.2, 0) is 0 Å². The van der Waals surface area contributed by atoms with Crippen molar-refractivity contribution in [1.29, 1.82) is 0 Å². The smallest absolute Gasteiger partial charge is 0.271 e. The molecule has 0 saturated heterocycles. The molecule has 3 heterocycles. The van der Waals surface area contributed by atoms with Crippen LogP contribution in [0.25, 0.3) is 5.65 Å². The van der Waals surface area contributed by atoms with Crippen LogP contribution in [0.2, 0.25) is 0 Å². The number of pyridine rings is 2. The van der Waals surface area contributed by atoms with Gasteiger partial charge in [0.1, 0.15) is 17.0 Å². The lowest BCUT2D eigenvalue weighted by atomic mass is 9.49. The zero-order valence-corrected chi connectivity index (χ0v) is 18.2. The van der Waals surface area contributed by atoms with Crippen LogP contribution >= 0.6 is 0 Å². The Kier molecular flexibility index (Phi) is 4.19. The number of hydrogen-bond acceptors (Lipinski definition) is 4. The molecule has 7 rings (SSSR count). The maximum atomic E-state index is 13.2. The van der Waals surface area contributed by atoms with Crippen LogP contribution in [-0.4, -0.2) is 37.3 Å². The second-order valence-electron chi connectivity index (χ2n) is 10.2. The molecule has 3 aromatic heterocycles. The lowest BCUT2D eigenvalue weighted by molar-refractivity contribution is -0.0449. The third kappa shape index (κ3) is 3.27. The quantitative estimate of drug-likeness (QED) is 0.666. The molecule has 2 atom stereocenters. The van der Waals surface area contributed by atoms with E-state index in [1.165, 1.54) is 6.42 Å². The average molecular weight is 430 g/mol. The van der Waals surface area contributed by atoms with Crippen LogP contribution in [0.5, 0.6) is 0 Å². The van der Waals surface area contributed by atoms with Crippen molar-refractivity contribution >= 4 is 17.5 Å². The third-order valence-electron chi connectivity index (χ3n) is 7.55. The summed E-state index contributed by atoms with van der Waals surface area (Å²) < 4.78 is 1.90. The van der Waals surface area contributed by atoms with Crippen LogP contribution in [0.15, 0.2) is 48.9 Å². The van der Waals surface area contributed by atoms with Crippen molar-refractivity contribution in [2.45, 2.75) is 56.5 Å². The minimum Gasteiger partial charge on any atom is -0.345 e. The predicted molar refractivity (Wildman–Crippen MR) is 119 cm³/mol. The summed E-state index contributed by atoms with van der Waals surface area (Å²) in [6.07, 6.45) is 11.3. The number of carbonyl (C=O) groups is 2. The molecule has 4 aliphatic carbocycles. The van der Waals surface area contributed by atoms with Crippen molar-refractivity contribution in [2.24, 2.45) is 11.8 Å². The van der Waals surface area contributed by atoms with Gasteiger partial charge in [-0.25, -0.2) is 4.98 Å². The molecule has 0 aliphatic heterocycles. The van der Waals surface area contributed by atoms with Crippen molar-refractivity contribution in [3.63, 3.8) is 0 Å². The van der Waals surface area contributed by atoms with Gasteiger partial charge in [-0.2, -0.15) is 0 Å². The number of nitrogens with one attached hydrogen (secondary N) is 2. The number of fused-ring (bicyclic) bond motifs is 1. The number of carbonyl (C=O) groups excluding carboxylic acids is 2. The molecule has 3 aromatic rings. The number of aromatic nitrogens is 3. The molecule has 4 bridgehead atoms. The lowest BCUT2D eigenvalue weighted by Crippen LogP contribution is -2.69. The van der Waals surface area contributed by atoms with Gasteiger partial charge in [-0.15, -0.1) is 0 Å². The number of aryl methyl sites for hydroxylation is 1. The van der Waals surface area contributed by atoms with E-state index in [2.05, 4.69) is 20.6 Å². The van der Waals surface area contributed by atoms with Crippen molar-refractivity contribution in [3.8, 4) is 0 Å². The van der Waals surface area contributed by atoms with Gasteiger partial charge in [-0.3, -0.25) is 14.6 Å². The second-order valence-corrected chi connectivity index (χ2v) is 10.2. The number of rotatable bonds is 4. The summed E-state index contributed by atoms with van der Waals surface area (Å²) in [6.45, 7) is 2.02. The first-order chi connectivity index (χ1) is 15.4. The van der Waals surface area contributed by atoms with Gasteiger partial charge in [0.25, 0.3) is 11.8 Å². The van der Waals surface area contributed by atoms with E-state index in [0.717, 1.165) is 43.3 Å². The van der Waals surface area contributed by atoms with E-state index < -0.39 is 0 Å². The molecule has 7 heteroatoms. The first-order valence-corrected chi connectivity index (χ1v) is 11.4. The summed E-state index contributed by atoms with van der Waals surface area (Å²) in [6, 6.07) is 9.32. The zero-order valence-electron chi connectivity index (χ0n) is 18.2. The summed E-state index contributed by atoms with van der Waals surface area (Å²) >= 11 is 0. The Labute approximate surface area is 186 Å². The number of imidazole rings is 1. The molecule has 2 unspecified atom stereocenters. The van der Waals surface area contributed by atoms with Crippen molar-refractivity contribution in [3.05, 3.63) is 65.9 Å². The Morgan fingerprint density at radius 3 is 2.28 bits per heavy atom. The summed E-state index contributed by atoms with van der Waals surface area (Å²) in [5.74, 6) is 0.790. The van der Waals surface area contributed by atoms with Gasteiger partial charge in [-0.1, -0.05) is 12.1 Å². The Hall–Kier alpha value is -3.22. The molecule has 164 valence electrons. The van der Waals surface area contributed by atoms with E-state index in [1.54, 1.807) is 18.5 Å². The van der Waals surface area contributed by atoms with Crippen LogP contribution in [0.3, 0.4) is 0 Å². The highest BCUT2D eigenvalue weighted by Gasteiger charge is 2.58. The highest BCUT2D eigenvalue weighted by Crippen LogP contribution is 2.57. The van der Waals surface area contributed by atoms with Crippen LogP contribution in [0, 0.1) is 18.8 Å². The molecule has 0 aromatic carbocycles. The third-order valence-corrected chi connectivity index (χ3v) is 7.55. The number of hydrogen-bond donors (Lipinski definition) is 2. The topological polar surface area (TPSA) is 88.4 Å². The lowest BCUT2D eigenvalue weighted by Gasteiger charge is -2.62. The van der Waals surface area contributed by atoms with Crippen LogP contribution in [0.1, 0.15) is 65.1 Å². The van der Waals surface area contributed by atoms with Gasteiger partial charge in [0.05, 0.1) is 0 Å². The Bertz CT molecular complexity index is 1200. The highest BCUT2D eigenvalue weighted by atomic mass is 16.2. The normalized spacial score (nSPS) is 30.4. The van der Waals surface area contributed by atoms with E-state index in [-0.39, 0.29) is 22.9 Å². The fourth-order valence-corrected chi connectivity index (χ4v) is 6.87. The fraction of sp³-hybridized carbons (Fsp3) is 0.440. The molecular weight excluding hydrogens is 402 g/mol. The van der Waals surface area contributed by atoms with Gasteiger partial charge in [-0.05, 0) is 81.0 Å². The molecule has 0 radical (unpaired) electrons. The first-order valence-electron chi connectivity index (χ1n) is 11.4. The zero-order chi connectivity index (χ0) is 21.9. The minimum absolute atomic E-state index is 0.121. The highest BCUT2D eigenvalue weighted by molar-refractivity contribution is 5.94. The van der Waals surface area contributed by atoms with Gasteiger partial charge < -0.3 is 15.0 Å². The Balaban J connectivity index is 1.25. The Morgan fingerprint density at radius 2 is 1.62 bits per heavy atom. The SMILES string of the molecule is Cc1ccc2nc(C(=O)NC34CC5CC(CC(NC(=O)c6ccccn6)(C5)C3)C4)cn2c1. The molecule has 0 spiro atoms. The first kappa shape index (κ1) is 19.5. The van der Waals surface area contributed by atoms with E-state index in [0.29, 0.717) is 23.2 Å². The second kappa shape index (κ2) is 6.89. The summed E-state index contributed by atoms with van der Waals surface area (Å²) in [5.41, 5.74) is 2.21. The van der Waals surface area contributed by atoms with Crippen molar-refractivity contribution < 1.29 is 9.59 Å². The van der Waals surface area contributed by atoms with Crippen LogP contribution in [0.4, 0.5) is 0 Å². The number of amides is 2. The number of nitrogens with zero attached hydrogens (tertiary/aromatic N) is 3. The average Bonchev–Trinajstić information content (AvgIpc) is 3.16. The van der Waals surface area contributed by atoms with Crippen molar-refractivity contribution in [2.75, 3.05) is 0 Å². The maximum Gasteiger partial charge on any atom is 0.271 e. The van der Waals surface area contributed by atoms with Gasteiger partial charge in [0, 0.05) is 29.7 Å². The van der Waals surface area contributed by atoms with E-state index >= 15 is 0 Å². The van der Waals surface area contributed by atoms with E-state index in [4.69, 9.17) is 0 Å². The monoisotopic (exact) mass is 429 g/mol.